The molecule has 3 heterocycles. The van der Waals surface area contributed by atoms with Crippen LogP contribution in [0.25, 0.3) is 5.82 Å². The zero-order valence-corrected chi connectivity index (χ0v) is 27.5. The summed E-state index contributed by atoms with van der Waals surface area (Å²) in [5.74, 6) is -1.07. The van der Waals surface area contributed by atoms with Crippen molar-refractivity contribution in [3.63, 3.8) is 0 Å². The molecule has 0 bridgehead atoms. The number of methoxy groups -OCH3 is 1. The fourth-order valence-electron chi connectivity index (χ4n) is 5.14. The molecule has 1 aliphatic heterocycles. The minimum absolute atomic E-state index is 0.0125. The first-order valence-corrected chi connectivity index (χ1v) is 16.9. The van der Waals surface area contributed by atoms with Gasteiger partial charge >= 0.3 is 12.3 Å². The summed E-state index contributed by atoms with van der Waals surface area (Å²) in [7, 11) is 0.511. The molecule has 17 heteroatoms. The van der Waals surface area contributed by atoms with Crippen LogP contribution in [0.5, 0.6) is 5.75 Å². The van der Waals surface area contributed by atoms with Crippen LogP contribution >= 0.6 is 23.2 Å². The largest absolute Gasteiger partial charge is 0.573 e. The van der Waals surface area contributed by atoms with Crippen molar-refractivity contribution in [3.8, 4) is 11.6 Å². The third-order valence-corrected chi connectivity index (χ3v) is 10.3. The van der Waals surface area contributed by atoms with Gasteiger partial charge in [0.1, 0.15) is 11.6 Å². The maximum absolute atomic E-state index is 14.2. The highest BCUT2D eigenvalue weighted by Crippen LogP contribution is 2.28. The van der Waals surface area contributed by atoms with Gasteiger partial charge in [-0.1, -0.05) is 41.9 Å². The Bertz CT molecular complexity index is 1880. The van der Waals surface area contributed by atoms with Crippen molar-refractivity contribution in [2.24, 2.45) is 7.05 Å². The highest BCUT2D eigenvalue weighted by Gasteiger charge is 2.34. The number of aromatic nitrogens is 4. The van der Waals surface area contributed by atoms with Crippen LogP contribution in [0.2, 0.25) is 16.6 Å². The summed E-state index contributed by atoms with van der Waals surface area (Å²) >= 11 is 12.2. The average molecular weight is 696 g/mol. The van der Waals surface area contributed by atoms with E-state index in [-0.39, 0.29) is 53.1 Å². The van der Waals surface area contributed by atoms with E-state index in [1.165, 1.54) is 58.8 Å². The van der Waals surface area contributed by atoms with Crippen LogP contribution in [0, 0.1) is 0 Å². The van der Waals surface area contributed by atoms with Gasteiger partial charge in [0.05, 0.1) is 29.4 Å². The monoisotopic (exact) mass is 694 g/mol. The highest BCUT2D eigenvalue weighted by atomic mass is 35.5. The normalized spacial score (nSPS) is 15.2. The van der Waals surface area contributed by atoms with Gasteiger partial charge in [0.2, 0.25) is 5.95 Å². The number of nitrogens with zero attached hydrogens (tertiary/aromatic N) is 5. The van der Waals surface area contributed by atoms with Gasteiger partial charge in [-0.3, -0.25) is 14.3 Å². The SMILES string of the molecule is COC(=O)c1cc(-n2c(N[Si@@H](C)c3ccc(OC(F)(F)F)cc3)nc3c(c2=O)C[C@@H](C)N(C(=O)c2ccc(Cl)c(Cl)c2)C3)n(C)n1. The Morgan fingerprint density at radius 3 is 2.41 bits per heavy atom. The van der Waals surface area contributed by atoms with E-state index in [1.807, 2.05) is 13.5 Å². The van der Waals surface area contributed by atoms with Gasteiger partial charge in [-0.25, -0.2) is 14.3 Å². The molecule has 2 aromatic heterocycles. The summed E-state index contributed by atoms with van der Waals surface area (Å²) in [6.45, 7) is 3.69. The van der Waals surface area contributed by atoms with E-state index in [0.29, 0.717) is 27.0 Å². The number of nitrogens with one attached hydrogen (secondary N) is 1. The van der Waals surface area contributed by atoms with Crippen molar-refractivity contribution in [2.45, 2.75) is 38.8 Å². The first-order chi connectivity index (χ1) is 21.7. The summed E-state index contributed by atoms with van der Waals surface area (Å²) in [6.07, 6.45) is -4.64. The molecule has 0 radical (unpaired) electrons. The fraction of sp³-hybridized carbons (Fsp3) is 0.276. The smallest absolute Gasteiger partial charge is 0.464 e. The molecule has 0 fully saturated rings. The number of amides is 1. The van der Waals surface area contributed by atoms with Crippen molar-refractivity contribution in [1.29, 1.82) is 0 Å². The number of aryl methyl sites for hydroxylation is 1. The van der Waals surface area contributed by atoms with Gasteiger partial charge in [-0.15, -0.1) is 13.2 Å². The third-order valence-electron chi connectivity index (χ3n) is 7.48. The third kappa shape index (κ3) is 6.76. The summed E-state index contributed by atoms with van der Waals surface area (Å²) in [5.41, 5.74) is 0.588. The second-order valence-corrected chi connectivity index (χ2v) is 13.8. The second kappa shape index (κ2) is 12.8. The molecule has 2 atom stereocenters. The van der Waals surface area contributed by atoms with Crippen molar-refractivity contribution in [1.82, 2.24) is 24.2 Å². The molecule has 0 aliphatic carbocycles. The topological polar surface area (TPSA) is 121 Å². The molecule has 4 aromatic rings. The number of alkyl halides is 3. The lowest BCUT2D eigenvalue weighted by molar-refractivity contribution is -0.274. The molecule has 242 valence electrons. The van der Waals surface area contributed by atoms with Crippen LogP contribution in [-0.4, -0.2) is 64.6 Å². The first kappa shape index (κ1) is 33.0. The summed E-state index contributed by atoms with van der Waals surface area (Å²) in [4.78, 5) is 49.6. The van der Waals surface area contributed by atoms with Crippen LogP contribution in [0.3, 0.4) is 0 Å². The predicted octanol–water partition coefficient (Wildman–Crippen LogP) is 4.22. The number of carbonyl (C=O) groups excluding carboxylic acids is 2. The van der Waals surface area contributed by atoms with Crippen molar-refractivity contribution >= 4 is 55.2 Å². The van der Waals surface area contributed by atoms with Crippen molar-refractivity contribution in [3.05, 3.63) is 91.4 Å². The van der Waals surface area contributed by atoms with Gasteiger partial charge in [0, 0.05) is 30.3 Å². The summed E-state index contributed by atoms with van der Waals surface area (Å²) in [6, 6.07) is 11.0. The molecular formula is C29H27Cl2F3N6O5Si. The predicted molar refractivity (Wildman–Crippen MR) is 167 cm³/mol. The van der Waals surface area contributed by atoms with E-state index in [1.54, 1.807) is 18.0 Å². The van der Waals surface area contributed by atoms with Crippen molar-refractivity contribution < 1.29 is 32.2 Å². The van der Waals surface area contributed by atoms with E-state index in [0.717, 1.165) is 0 Å². The maximum Gasteiger partial charge on any atom is 0.573 e. The molecule has 0 spiro atoms. The second-order valence-electron chi connectivity index (χ2n) is 10.6. The van der Waals surface area contributed by atoms with E-state index < -0.39 is 26.8 Å². The number of carbonyl (C=O) groups is 2. The number of ether oxygens (including phenoxy) is 2. The minimum Gasteiger partial charge on any atom is -0.464 e. The standard InChI is InChI=1S/C29H27Cl2F3N6O5Si/c1-15-11-19-23(14-39(15)25(41)16-5-10-20(30)21(31)12-16)35-28(37-46(4)18-8-6-17(7-9-18)45-29(32,33)34)40(26(19)42)24-13-22(27(43)44-3)36-38(24)2/h5-10,12-13,15,46H,11,14H2,1-4H3,(H,35,37)/t15-,46+/m1/s1. The van der Waals surface area contributed by atoms with Crippen LogP contribution in [0.4, 0.5) is 19.1 Å². The Labute approximate surface area is 272 Å². The number of hydrogen-bond donors (Lipinski definition) is 1. The number of benzene rings is 2. The average Bonchev–Trinajstić information content (AvgIpc) is 3.38. The van der Waals surface area contributed by atoms with Gasteiger partial charge in [-0.05, 0) is 48.9 Å². The zero-order valence-electron chi connectivity index (χ0n) is 24.9. The van der Waals surface area contributed by atoms with E-state index in [2.05, 4.69) is 14.8 Å². The number of anilines is 1. The number of esters is 1. The van der Waals surface area contributed by atoms with Crippen LogP contribution < -0.4 is 20.5 Å². The van der Waals surface area contributed by atoms with Crippen LogP contribution in [0.15, 0.2) is 53.3 Å². The Kier molecular flexibility index (Phi) is 9.20. The Morgan fingerprint density at radius 1 is 1.09 bits per heavy atom. The maximum atomic E-state index is 14.2. The molecule has 1 amide bonds. The molecule has 0 unspecified atom stereocenters. The molecule has 1 N–H and O–H groups in total. The van der Waals surface area contributed by atoms with Gasteiger partial charge in [0.25, 0.3) is 11.5 Å². The molecule has 11 nitrogen and oxygen atoms in total. The van der Waals surface area contributed by atoms with E-state index in [9.17, 15) is 27.6 Å². The molecule has 46 heavy (non-hydrogen) atoms. The molecular weight excluding hydrogens is 668 g/mol. The molecule has 0 saturated carbocycles. The Balaban J connectivity index is 1.56. The van der Waals surface area contributed by atoms with E-state index in [4.69, 9.17) is 32.9 Å². The highest BCUT2D eigenvalue weighted by molar-refractivity contribution is 6.74. The lowest BCUT2D eigenvalue weighted by Crippen LogP contribution is -2.47. The summed E-state index contributed by atoms with van der Waals surface area (Å²) < 4.78 is 49.4. The van der Waals surface area contributed by atoms with Crippen molar-refractivity contribution in [2.75, 3.05) is 12.1 Å². The van der Waals surface area contributed by atoms with Gasteiger partial charge in [0.15, 0.2) is 14.7 Å². The quantitative estimate of drug-likeness (QED) is 0.226. The molecule has 1 aliphatic rings. The number of hydrogen-bond acceptors (Lipinski definition) is 8. The Hall–Kier alpha value is -4.34. The molecule has 2 aromatic carbocycles. The fourth-order valence-corrected chi connectivity index (χ4v) is 6.96. The Morgan fingerprint density at radius 2 is 1.78 bits per heavy atom. The lowest BCUT2D eigenvalue weighted by atomic mass is 9.98. The van der Waals surface area contributed by atoms with Crippen LogP contribution in [0.1, 0.15) is 39.0 Å². The van der Waals surface area contributed by atoms with Crippen LogP contribution in [-0.2, 0) is 24.8 Å². The first-order valence-electron chi connectivity index (χ1n) is 13.8. The molecule has 0 saturated heterocycles. The number of fused-ring (bicyclic) bond motifs is 1. The van der Waals surface area contributed by atoms with Gasteiger partial charge in [-0.2, -0.15) is 5.10 Å². The minimum atomic E-state index is -4.83. The molecule has 5 rings (SSSR count). The lowest BCUT2D eigenvalue weighted by Gasteiger charge is -2.35. The van der Waals surface area contributed by atoms with E-state index >= 15 is 0 Å². The number of halogens is 5. The van der Waals surface area contributed by atoms with Gasteiger partial charge < -0.3 is 19.4 Å². The zero-order chi connectivity index (χ0) is 33.5. The number of rotatable bonds is 7. The summed E-state index contributed by atoms with van der Waals surface area (Å²) in [5, 5.41) is 5.41.